The summed E-state index contributed by atoms with van der Waals surface area (Å²) >= 11 is 5.92. The molecule has 0 bridgehead atoms. The van der Waals surface area contributed by atoms with Gasteiger partial charge in [0.2, 0.25) is 0 Å². The van der Waals surface area contributed by atoms with Crippen molar-refractivity contribution in [3.05, 3.63) is 71.2 Å². The minimum Gasteiger partial charge on any atom is -0.493 e. The topological polar surface area (TPSA) is 50.8 Å². The Kier molecular flexibility index (Phi) is 3.92. The lowest BCUT2D eigenvalue weighted by molar-refractivity contribution is -0.0830. The molecule has 2 atom stereocenters. The summed E-state index contributed by atoms with van der Waals surface area (Å²) in [7, 11) is 0. The fourth-order valence-electron chi connectivity index (χ4n) is 3.83. The van der Waals surface area contributed by atoms with Gasteiger partial charge in [0.25, 0.3) is 0 Å². The number of carbonyl (C=O) groups is 1. The van der Waals surface area contributed by atoms with Crippen molar-refractivity contribution in [1.29, 1.82) is 0 Å². The average molecular weight is 381 g/mol. The SMILES string of the molecule is O=C(Nc1ccc(Cl)cc1)N1OC[C@H]2COc3ccc4ccccc4c3[C@@H]21. The molecule has 3 aromatic carbocycles. The van der Waals surface area contributed by atoms with E-state index < -0.39 is 0 Å². The Labute approximate surface area is 161 Å². The standard InChI is InChI=1S/C21H17ClN2O3/c22-15-6-8-16(9-7-15)23-21(25)24-20-14(12-27-24)11-26-18-10-5-13-3-1-2-4-17(13)19(18)20/h1-10,14,20H,11-12H2,(H,23,25)/t14-,20-/m1/s1. The van der Waals surface area contributed by atoms with E-state index >= 15 is 0 Å². The normalized spacial score (nSPS) is 20.7. The lowest BCUT2D eigenvalue weighted by Gasteiger charge is -2.32. The number of amides is 2. The maximum atomic E-state index is 12.9. The zero-order chi connectivity index (χ0) is 18.4. The maximum absolute atomic E-state index is 12.9. The van der Waals surface area contributed by atoms with Crippen LogP contribution in [0.5, 0.6) is 5.75 Å². The molecule has 5 rings (SSSR count). The van der Waals surface area contributed by atoms with Crippen LogP contribution >= 0.6 is 11.6 Å². The number of anilines is 1. The van der Waals surface area contributed by atoms with Crippen molar-refractivity contribution < 1.29 is 14.4 Å². The molecule has 2 amide bonds. The van der Waals surface area contributed by atoms with E-state index in [-0.39, 0.29) is 18.0 Å². The second kappa shape index (κ2) is 6.44. The largest absolute Gasteiger partial charge is 0.493 e. The smallest absolute Gasteiger partial charge is 0.346 e. The number of hydroxylamine groups is 2. The molecule has 0 radical (unpaired) electrons. The minimum absolute atomic E-state index is 0.0965. The van der Waals surface area contributed by atoms with Gasteiger partial charge in [0.15, 0.2) is 0 Å². The Morgan fingerprint density at radius 2 is 1.85 bits per heavy atom. The van der Waals surface area contributed by atoms with Crippen LogP contribution in [0.2, 0.25) is 5.02 Å². The van der Waals surface area contributed by atoms with Gasteiger partial charge < -0.3 is 10.1 Å². The molecular weight excluding hydrogens is 364 g/mol. The molecule has 1 N–H and O–H groups in total. The van der Waals surface area contributed by atoms with Crippen molar-refractivity contribution in [2.24, 2.45) is 5.92 Å². The average Bonchev–Trinajstić information content (AvgIpc) is 3.14. The molecule has 2 heterocycles. The van der Waals surface area contributed by atoms with Crippen molar-refractivity contribution >= 4 is 34.1 Å². The van der Waals surface area contributed by atoms with Crippen molar-refractivity contribution in [2.45, 2.75) is 6.04 Å². The molecule has 1 saturated heterocycles. The molecule has 0 saturated carbocycles. The zero-order valence-electron chi connectivity index (χ0n) is 14.4. The molecule has 0 aromatic heterocycles. The predicted octanol–water partition coefficient (Wildman–Crippen LogP) is 5.02. The fourth-order valence-corrected chi connectivity index (χ4v) is 3.96. The van der Waals surface area contributed by atoms with Crippen molar-refractivity contribution in [1.82, 2.24) is 5.06 Å². The molecule has 2 aliphatic heterocycles. The van der Waals surface area contributed by atoms with Gasteiger partial charge in [-0.1, -0.05) is 41.9 Å². The number of rotatable bonds is 1. The molecule has 136 valence electrons. The summed E-state index contributed by atoms with van der Waals surface area (Å²) in [5, 5.41) is 7.16. The lowest BCUT2D eigenvalue weighted by Crippen LogP contribution is -2.37. The van der Waals surface area contributed by atoms with Gasteiger partial charge in [0.1, 0.15) is 5.75 Å². The second-order valence-electron chi connectivity index (χ2n) is 6.77. The molecule has 0 spiro atoms. The highest BCUT2D eigenvalue weighted by Gasteiger charge is 2.45. The zero-order valence-corrected chi connectivity index (χ0v) is 15.1. The van der Waals surface area contributed by atoms with Crippen LogP contribution in [0.4, 0.5) is 10.5 Å². The number of carbonyl (C=O) groups excluding carboxylic acids is 1. The van der Waals surface area contributed by atoms with E-state index in [0.717, 1.165) is 22.1 Å². The van der Waals surface area contributed by atoms with Crippen LogP contribution in [0, 0.1) is 5.92 Å². The third-order valence-corrected chi connectivity index (χ3v) is 5.35. The van der Waals surface area contributed by atoms with Crippen LogP contribution in [-0.4, -0.2) is 24.3 Å². The van der Waals surface area contributed by atoms with Crippen molar-refractivity contribution in [2.75, 3.05) is 18.5 Å². The van der Waals surface area contributed by atoms with Gasteiger partial charge in [-0.2, -0.15) is 5.06 Å². The number of halogens is 1. The summed E-state index contributed by atoms with van der Waals surface area (Å²) in [5.41, 5.74) is 1.68. The van der Waals surface area contributed by atoms with Crippen LogP contribution in [0.25, 0.3) is 10.8 Å². The van der Waals surface area contributed by atoms with Gasteiger partial charge in [-0.25, -0.2) is 4.79 Å². The molecular formula is C21H17ClN2O3. The molecule has 3 aromatic rings. The van der Waals surface area contributed by atoms with Crippen LogP contribution in [0.3, 0.4) is 0 Å². The molecule has 0 unspecified atom stereocenters. The van der Waals surface area contributed by atoms with Gasteiger partial charge in [-0.05, 0) is 41.1 Å². The first-order valence-corrected chi connectivity index (χ1v) is 9.21. The number of nitrogens with one attached hydrogen (secondary N) is 1. The molecule has 6 heteroatoms. The summed E-state index contributed by atoms with van der Waals surface area (Å²) in [6.45, 7) is 0.974. The highest BCUT2D eigenvalue weighted by molar-refractivity contribution is 6.30. The van der Waals surface area contributed by atoms with E-state index in [2.05, 4.69) is 17.4 Å². The predicted molar refractivity (Wildman–Crippen MR) is 104 cm³/mol. The molecule has 0 aliphatic carbocycles. The summed E-state index contributed by atoms with van der Waals surface area (Å²) in [6.07, 6.45) is 0. The first kappa shape index (κ1) is 16.4. The van der Waals surface area contributed by atoms with Crippen molar-refractivity contribution in [3.8, 4) is 5.75 Å². The Morgan fingerprint density at radius 3 is 2.70 bits per heavy atom. The van der Waals surface area contributed by atoms with Crippen LogP contribution in [0.1, 0.15) is 11.6 Å². The van der Waals surface area contributed by atoms with Gasteiger partial charge >= 0.3 is 6.03 Å². The molecule has 27 heavy (non-hydrogen) atoms. The summed E-state index contributed by atoms with van der Waals surface area (Å²) in [4.78, 5) is 18.7. The monoisotopic (exact) mass is 380 g/mol. The number of hydrogen-bond donors (Lipinski definition) is 1. The molecule has 5 nitrogen and oxygen atoms in total. The maximum Gasteiger partial charge on any atom is 0.346 e. The Bertz CT molecular complexity index is 1020. The Hall–Kier alpha value is -2.76. The minimum atomic E-state index is -0.300. The third kappa shape index (κ3) is 2.80. The van der Waals surface area contributed by atoms with Gasteiger partial charge in [0.05, 0.1) is 19.3 Å². The van der Waals surface area contributed by atoms with E-state index in [1.807, 2.05) is 24.3 Å². The first-order valence-electron chi connectivity index (χ1n) is 8.84. The Morgan fingerprint density at radius 1 is 1.04 bits per heavy atom. The van der Waals surface area contributed by atoms with Gasteiger partial charge in [0, 0.05) is 22.2 Å². The summed E-state index contributed by atoms with van der Waals surface area (Å²) in [5.74, 6) is 0.906. The summed E-state index contributed by atoms with van der Waals surface area (Å²) in [6, 6.07) is 18.7. The first-order chi connectivity index (χ1) is 13.2. The van der Waals surface area contributed by atoms with Crippen LogP contribution in [0.15, 0.2) is 60.7 Å². The highest BCUT2D eigenvalue weighted by Crippen LogP contribution is 2.46. The number of ether oxygens (including phenoxy) is 1. The fraction of sp³-hybridized carbons (Fsp3) is 0.190. The quantitative estimate of drug-likeness (QED) is 0.644. The van der Waals surface area contributed by atoms with E-state index in [4.69, 9.17) is 21.2 Å². The van der Waals surface area contributed by atoms with Crippen molar-refractivity contribution in [3.63, 3.8) is 0 Å². The number of hydrogen-bond acceptors (Lipinski definition) is 3. The lowest BCUT2D eigenvalue weighted by atomic mass is 9.88. The Balaban J connectivity index is 1.52. The highest BCUT2D eigenvalue weighted by atomic mass is 35.5. The summed E-state index contributed by atoms with van der Waals surface area (Å²) < 4.78 is 5.95. The number of fused-ring (bicyclic) bond motifs is 5. The number of benzene rings is 3. The third-order valence-electron chi connectivity index (χ3n) is 5.10. The van der Waals surface area contributed by atoms with E-state index in [9.17, 15) is 4.79 Å². The van der Waals surface area contributed by atoms with E-state index in [1.54, 1.807) is 24.3 Å². The van der Waals surface area contributed by atoms with Crippen LogP contribution in [-0.2, 0) is 4.84 Å². The van der Waals surface area contributed by atoms with Gasteiger partial charge in [-0.3, -0.25) is 4.84 Å². The van der Waals surface area contributed by atoms with Crippen LogP contribution < -0.4 is 10.1 Å². The second-order valence-corrected chi connectivity index (χ2v) is 7.21. The molecule has 2 aliphatic rings. The molecule has 1 fully saturated rings. The van der Waals surface area contributed by atoms with Gasteiger partial charge in [-0.15, -0.1) is 0 Å². The number of nitrogens with zero attached hydrogens (tertiary/aromatic N) is 1. The number of urea groups is 1. The van der Waals surface area contributed by atoms with E-state index in [1.165, 1.54) is 5.06 Å². The van der Waals surface area contributed by atoms with E-state index in [0.29, 0.717) is 23.9 Å².